The van der Waals surface area contributed by atoms with Gasteiger partial charge in [-0.3, -0.25) is 10.2 Å². The van der Waals surface area contributed by atoms with Gasteiger partial charge < -0.3 is 0 Å². The second kappa shape index (κ2) is 4.96. The molecule has 2 aliphatic rings. The molecule has 0 aromatic carbocycles. The standard InChI is InChI=1S/C14H25N3/c1-11-5-4-8-17(11)12(2)9-14(3,10-15)16-13-6-7-13/h11-13,16H,4-9H2,1-3H3. The lowest BCUT2D eigenvalue weighted by molar-refractivity contribution is 0.170. The minimum Gasteiger partial charge on any atom is -0.298 e. The predicted molar refractivity (Wildman–Crippen MR) is 69.7 cm³/mol. The Morgan fingerprint density at radius 1 is 1.47 bits per heavy atom. The molecule has 17 heavy (non-hydrogen) atoms. The van der Waals surface area contributed by atoms with Gasteiger partial charge in [-0.15, -0.1) is 0 Å². The third-order valence-corrected chi connectivity index (χ3v) is 4.22. The molecular formula is C14H25N3. The normalized spacial score (nSPS) is 30.8. The minimum atomic E-state index is -0.344. The van der Waals surface area contributed by atoms with Crippen LogP contribution in [-0.2, 0) is 0 Å². The Morgan fingerprint density at radius 3 is 2.65 bits per heavy atom. The van der Waals surface area contributed by atoms with Crippen LogP contribution in [0.15, 0.2) is 0 Å². The lowest BCUT2D eigenvalue weighted by Gasteiger charge is -2.34. The molecule has 1 heterocycles. The van der Waals surface area contributed by atoms with Crippen LogP contribution >= 0.6 is 0 Å². The van der Waals surface area contributed by atoms with Crippen LogP contribution in [0.4, 0.5) is 0 Å². The van der Waals surface area contributed by atoms with E-state index in [2.05, 4.69) is 37.1 Å². The van der Waals surface area contributed by atoms with Gasteiger partial charge in [0.2, 0.25) is 0 Å². The maximum absolute atomic E-state index is 9.39. The average Bonchev–Trinajstić information content (AvgIpc) is 2.97. The lowest BCUT2D eigenvalue weighted by Crippen LogP contribution is -2.48. The summed E-state index contributed by atoms with van der Waals surface area (Å²) in [5.74, 6) is 0. The fourth-order valence-corrected chi connectivity index (χ4v) is 3.13. The summed E-state index contributed by atoms with van der Waals surface area (Å²) in [7, 11) is 0. The maximum Gasteiger partial charge on any atom is 0.105 e. The van der Waals surface area contributed by atoms with Crippen molar-refractivity contribution in [2.45, 2.75) is 76.5 Å². The molecule has 1 saturated heterocycles. The Bertz CT molecular complexity index is 305. The molecule has 3 heteroatoms. The van der Waals surface area contributed by atoms with Crippen LogP contribution in [0.25, 0.3) is 0 Å². The van der Waals surface area contributed by atoms with Crippen LogP contribution < -0.4 is 5.32 Å². The average molecular weight is 235 g/mol. The first-order chi connectivity index (χ1) is 8.04. The van der Waals surface area contributed by atoms with Gasteiger partial charge in [-0.1, -0.05) is 0 Å². The van der Waals surface area contributed by atoms with Crippen molar-refractivity contribution in [3.05, 3.63) is 0 Å². The van der Waals surface area contributed by atoms with Crippen LogP contribution in [0.3, 0.4) is 0 Å². The van der Waals surface area contributed by atoms with Crippen LogP contribution in [0, 0.1) is 11.3 Å². The topological polar surface area (TPSA) is 39.1 Å². The number of hydrogen-bond acceptors (Lipinski definition) is 3. The lowest BCUT2D eigenvalue weighted by atomic mass is 9.94. The summed E-state index contributed by atoms with van der Waals surface area (Å²) >= 11 is 0. The van der Waals surface area contributed by atoms with E-state index in [1.165, 1.54) is 32.2 Å². The van der Waals surface area contributed by atoms with Crippen LogP contribution in [0.2, 0.25) is 0 Å². The van der Waals surface area contributed by atoms with E-state index in [1.54, 1.807) is 0 Å². The highest BCUT2D eigenvalue weighted by atomic mass is 15.2. The predicted octanol–water partition coefficient (Wildman–Crippen LogP) is 2.28. The summed E-state index contributed by atoms with van der Waals surface area (Å²) in [5, 5.41) is 12.9. The molecule has 0 bridgehead atoms. The Labute approximate surface area is 105 Å². The molecular weight excluding hydrogens is 210 g/mol. The summed E-state index contributed by atoms with van der Waals surface area (Å²) < 4.78 is 0. The second-order valence-corrected chi connectivity index (χ2v) is 6.14. The van der Waals surface area contributed by atoms with Gasteiger partial charge in [-0.25, -0.2) is 0 Å². The zero-order valence-electron chi connectivity index (χ0n) is 11.4. The Hall–Kier alpha value is -0.590. The quantitative estimate of drug-likeness (QED) is 0.794. The summed E-state index contributed by atoms with van der Waals surface area (Å²) in [6, 6.07) is 4.27. The summed E-state index contributed by atoms with van der Waals surface area (Å²) in [5.41, 5.74) is -0.344. The molecule has 0 amide bonds. The van der Waals surface area contributed by atoms with E-state index in [0.29, 0.717) is 18.1 Å². The zero-order valence-corrected chi connectivity index (χ0v) is 11.4. The molecule has 1 aliphatic carbocycles. The fraction of sp³-hybridized carbons (Fsp3) is 0.929. The molecule has 1 aliphatic heterocycles. The van der Waals surface area contributed by atoms with Crippen LogP contribution in [0.1, 0.15) is 52.9 Å². The number of nitrogens with zero attached hydrogens (tertiary/aromatic N) is 2. The highest BCUT2D eigenvalue weighted by Crippen LogP contribution is 2.27. The number of nitrogens with one attached hydrogen (secondary N) is 1. The van der Waals surface area contributed by atoms with Gasteiger partial charge in [-0.05, 0) is 59.4 Å². The van der Waals surface area contributed by atoms with E-state index in [-0.39, 0.29) is 5.54 Å². The van der Waals surface area contributed by atoms with Gasteiger partial charge in [0.25, 0.3) is 0 Å². The number of nitriles is 1. The van der Waals surface area contributed by atoms with E-state index >= 15 is 0 Å². The van der Waals surface area contributed by atoms with Gasteiger partial charge in [0.05, 0.1) is 6.07 Å². The highest BCUT2D eigenvalue weighted by molar-refractivity contribution is 5.08. The van der Waals surface area contributed by atoms with Crippen molar-refractivity contribution in [1.29, 1.82) is 5.26 Å². The van der Waals surface area contributed by atoms with Crippen LogP contribution in [0.5, 0.6) is 0 Å². The van der Waals surface area contributed by atoms with Crippen molar-refractivity contribution in [1.82, 2.24) is 10.2 Å². The summed E-state index contributed by atoms with van der Waals surface area (Å²) in [4.78, 5) is 2.56. The van der Waals surface area contributed by atoms with E-state index < -0.39 is 0 Å². The van der Waals surface area contributed by atoms with E-state index in [0.717, 1.165) is 6.42 Å². The molecule has 0 radical (unpaired) electrons. The molecule has 96 valence electrons. The molecule has 1 N–H and O–H groups in total. The molecule has 3 unspecified atom stereocenters. The first-order valence-electron chi connectivity index (χ1n) is 6.99. The number of hydrogen-bond donors (Lipinski definition) is 1. The van der Waals surface area contributed by atoms with E-state index in [1.807, 2.05) is 0 Å². The van der Waals surface area contributed by atoms with E-state index in [4.69, 9.17) is 0 Å². The van der Waals surface area contributed by atoms with Gasteiger partial charge in [-0.2, -0.15) is 5.26 Å². The minimum absolute atomic E-state index is 0.344. The Morgan fingerprint density at radius 2 is 2.18 bits per heavy atom. The summed E-state index contributed by atoms with van der Waals surface area (Å²) in [6.45, 7) is 7.84. The van der Waals surface area contributed by atoms with Gasteiger partial charge in [0.15, 0.2) is 0 Å². The van der Waals surface area contributed by atoms with Gasteiger partial charge in [0.1, 0.15) is 5.54 Å². The Kier molecular flexibility index (Phi) is 3.75. The SMILES string of the molecule is CC1CCCN1C(C)CC(C)(C#N)NC1CC1. The van der Waals surface area contributed by atoms with Gasteiger partial charge in [0, 0.05) is 18.1 Å². The Balaban J connectivity index is 1.90. The van der Waals surface area contributed by atoms with Crippen molar-refractivity contribution in [2.75, 3.05) is 6.54 Å². The number of rotatable bonds is 5. The first-order valence-corrected chi connectivity index (χ1v) is 6.99. The second-order valence-electron chi connectivity index (χ2n) is 6.14. The molecule has 1 saturated carbocycles. The van der Waals surface area contributed by atoms with Crippen molar-refractivity contribution < 1.29 is 0 Å². The largest absolute Gasteiger partial charge is 0.298 e. The van der Waals surface area contributed by atoms with Crippen molar-refractivity contribution in [3.8, 4) is 6.07 Å². The van der Waals surface area contributed by atoms with E-state index in [9.17, 15) is 5.26 Å². The number of likely N-dealkylation sites (tertiary alicyclic amines) is 1. The first kappa shape index (κ1) is 12.9. The highest BCUT2D eigenvalue weighted by Gasteiger charge is 2.36. The molecule has 2 fully saturated rings. The van der Waals surface area contributed by atoms with Crippen molar-refractivity contribution in [3.63, 3.8) is 0 Å². The molecule has 3 atom stereocenters. The van der Waals surface area contributed by atoms with Gasteiger partial charge >= 0.3 is 0 Å². The maximum atomic E-state index is 9.39. The molecule has 0 aromatic rings. The van der Waals surface area contributed by atoms with Crippen molar-refractivity contribution in [2.24, 2.45) is 0 Å². The third kappa shape index (κ3) is 3.20. The zero-order chi connectivity index (χ0) is 12.5. The van der Waals surface area contributed by atoms with Crippen molar-refractivity contribution >= 4 is 0 Å². The molecule has 3 nitrogen and oxygen atoms in total. The molecule has 0 aromatic heterocycles. The monoisotopic (exact) mass is 235 g/mol. The molecule has 0 spiro atoms. The third-order valence-electron chi connectivity index (χ3n) is 4.22. The smallest absolute Gasteiger partial charge is 0.105 e. The van der Waals surface area contributed by atoms with Crippen LogP contribution in [-0.4, -0.2) is 35.1 Å². The molecule has 2 rings (SSSR count). The summed E-state index contributed by atoms with van der Waals surface area (Å²) in [6.07, 6.45) is 6.04. The fourth-order valence-electron chi connectivity index (χ4n) is 3.13.